The molecule has 2 amide bonds. The largest absolute Gasteiger partial charge is 0.481 e. The molecule has 2 aromatic rings. The van der Waals surface area contributed by atoms with Gasteiger partial charge in [-0.15, -0.1) is 0 Å². The van der Waals surface area contributed by atoms with Crippen molar-refractivity contribution in [3.63, 3.8) is 0 Å². The van der Waals surface area contributed by atoms with Gasteiger partial charge in [-0.2, -0.15) is 0 Å². The van der Waals surface area contributed by atoms with E-state index in [1.54, 1.807) is 48.5 Å². The van der Waals surface area contributed by atoms with Crippen molar-refractivity contribution in [2.45, 2.75) is 32.8 Å². The van der Waals surface area contributed by atoms with Crippen LogP contribution in [0.5, 0.6) is 5.75 Å². The summed E-state index contributed by atoms with van der Waals surface area (Å²) in [6, 6.07) is 13.7. The summed E-state index contributed by atoms with van der Waals surface area (Å²) < 4.78 is 5.75. The molecule has 26 heavy (non-hydrogen) atoms. The molecule has 138 valence electrons. The van der Waals surface area contributed by atoms with E-state index >= 15 is 0 Å². The first-order valence-electron chi connectivity index (χ1n) is 8.65. The van der Waals surface area contributed by atoms with Gasteiger partial charge < -0.3 is 15.4 Å². The number of hydrogen-bond donors (Lipinski definition) is 2. The van der Waals surface area contributed by atoms with Crippen LogP contribution < -0.4 is 15.4 Å². The van der Waals surface area contributed by atoms with Crippen LogP contribution in [0.25, 0.3) is 0 Å². The van der Waals surface area contributed by atoms with Crippen molar-refractivity contribution in [1.82, 2.24) is 5.32 Å². The number of nitrogens with one attached hydrogen (secondary N) is 2. The lowest BCUT2D eigenvalue weighted by atomic mass is 10.1. The Balaban J connectivity index is 2.09. The number of para-hydroxylation sites is 1. The lowest BCUT2D eigenvalue weighted by Gasteiger charge is -2.18. The smallest absolute Gasteiger partial charge is 0.265 e. The molecule has 0 aliphatic carbocycles. The van der Waals surface area contributed by atoms with Gasteiger partial charge >= 0.3 is 0 Å². The third-order valence-corrected chi connectivity index (χ3v) is 3.97. The van der Waals surface area contributed by atoms with Gasteiger partial charge in [0.2, 0.25) is 0 Å². The van der Waals surface area contributed by atoms with Crippen molar-refractivity contribution in [2.24, 2.45) is 0 Å². The Labute approximate surface area is 158 Å². The molecule has 0 saturated heterocycles. The van der Waals surface area contributed by atoms with Crippen molar-refractivity contribution >= 4 is 29.1 Å². The molecule has 0 aliphatic rings. The summed E-state index contributed by atoms with van der Waals surface area (Å²) in [6.07, 6.45) is 0.647. The lowest BCUT2D eigenvalue weighted by molar-refractivity contribution is -0.122. The van der Waals surface area contributed by atoms with Gasteiger partial charge in [0.25, 0.3) is 11.8 Å². The van der Waals surface area contributed by atoms with Crippen LogP contribution in [0.1, 0.15) is 37.0 Å². The van der Waals surface area contributed by atoms with Crippen molar-refractivity contribution in [3.05, 3.63) is 59.1 Å². The first-order chi connectivity index (χ1) is 12.5. The molecule has 2 aromatic carbocycles. The van der Waals surface area contributed by atoms with E-state index in [1.165, 1.54) is 0 Å². The molecular formula is C20H23ClN2O3. The van der Waals surface area contributed by atoms with Crippen LogP contribution in [0.2, 0.25) is 5.02 Å². The van der Waals surface area contributed by atoms with Crippen LogP contribution in [-0.2, 0) is 4.79 Å². The average Bonchev–Trinajstić information content (AvgIpc) is 2.66. The summed E-state index contributed by atoms with van der Waals surface area (Å²) in [7, 11) is 0. The molecule has 0 unspecified atom stereocenters. The first-order valence-corrected chi connectivity index (χ1v) is 9.03. The zero-order valence-corrected chi connectivity index (χ0v) is 15.7. The minimum Gasteiger partial charge on any atom is -0.481 e. The maximum absolute atomic E-state index is 12.6. The molecule has 0 fully saturated rings. The summed E-state index contributed by atoms with van der Waals surface area (Å²) in [6.45, 7) is 4.42. The molecule has 0 saturated carbocycles. The highest BCUT2D eigenvalue weighted by atomic mass is 35.5. The van der Waals surface area contributed by atoms with Crippen LogP contribution in [0.3, 0.4) is 0 Å². The summed E-state index contributed by atoms with van der Waals surface area (Å²) >= 11 is 5.86. The second-order valence-corrected chi connectivity index (χ2v) is 6.20. The van der Waals surface area contributed by atoms with Gasteiger partial charge in [0.05, 0.1) is 11.3 Å². The fourth-order valence-corrected chi connectivity index (χ4v) is 2.46. The van der Waals surface area contributed by atoms with Gasteiger partial charge in [-0.3, -0.25) is 9.59 Å². The van der Waals surface area contributed by atoms with Gasteiger partial charge in [0.15, 0.2) is 6.10 Å². The maximum atomic E-state index is 12.6. The van der Waals surface area contributed by atoms with E-state index in [1.807, 2.05) is 13.8 Å². The molecule has 6 heteroatoms. The normalized spacial score (nSPS) is 11.5. The Morgan fingerprint density at radius 2 is 1.77 bits per heavy atom. The zero-order valence-electron chi connectivity index (χ0n) is 14.9. The Bertz CT molecular complexity index is 747. The van der Waals surface area contributed by atoms with Crippen molar-refractivity contribution < 1.29 is 14.3 Å². The molecule has 2 rings (SSSR count). The van der Waals surface area contributed by atoms with Gasteiger partial charge in [-0.25, -0.2) is 0 Å². The van der Waals surface area contributed by atoms with Crippen LogP contribution in [0, 0.1) is 0 Å². The Hall–Kier alpha value is -2.53. The van der Waals surface area contributed by atoms with Gasteiger partial charge in [0, 0.05) is 11.6 Å². The number of ether oxygens (including phenoxy) is 1. The van der Waals surface area contributed by atoms with Crippen molar-refractivity contribution in [3.8, 4) is 5.75 Å². The lowest BCUT2D eigenvalue weighted by Crippen LogP contribution is -2.33. The van der Waals surface area contributed by atoms with Crippen LogP contribution >= 0.6 is 11.6 Å². The highest BCUT2D eigenvalue weighted by Crippen LogP contribution is 2.20. The molecule has 0 spiro atoms. The summed E-state index contributed by atoms with van der Waals surface area (Å²) in [5.74, 6) is 0.0398. The van der Waals surface area contributed by atoms with Gasteiger partial charge in [0.1, 0.15) is 5.75 Å². The van der Waals surface area contributed by atoms with Crippen LogP contribution in [0.4, 0.5) is 5.69 Å². The number of carbonyl (C=O) groups is 2. The van der Waals surface area contributed by atoms with Crippen molar-refractivity contribution in [2.75, 3.05) is 11.9 Å². The van der Waals surface area contributed by atoms with E-state index in [4.69, 9.17) is 16.3 Å². The monoisotopic (exact) mass is 374 g/mol. The maximum Gasteiger partial charge on any atom is 0.265 e. The third-order valence-electron chi connectivity index (χ3n) is 3.72. The topological polar surface area (TPSA) is 67.4 Å². The second-order valence-electron chi connectivity index (χ2n) is 5.76. The molecule has 0 bridgehead atoms. The first kappa shape index (κ1) is 19.8. The molecule has 0 aromatic heterocycles. The Morgan fingerprint density at radius 3 is 2.42 bits per heavy atom. The third kappa shape index (κ3) is 5.49. The number of carbonyl (C=O) groups excluding carboxylic acids is 2. The average molecular weight is 375 g/mol. The highest BCUT2D eigenvalue weighted by Gasteiger charge is 2.20. The van der Waals surface area contributed by atoms with E-state index < -0.39 is 6.10 Å². The second kappa shape index (κ2) is 9.82. The van der Waals surface area contributed by atoms with Crippen LogP contribution in [0.15, 0.2) is 48.5 Å². The fourth-order valence-electron chi connectivity index (χ4n) is 2.34. The molecule has 5 nitrogen and oxygen atoms in total. The zero-order chi connectivity index (χ0) is 18.9. The van der Waals surface area contributed by atoms with E-state index in [-0.39, 0.29) is 11.8 Å². The Kier molecular flexibility index (Phi) is 7.48. The van der Waals surface area contributed by atoms with Gasteiger partial charge in [-0.05, 0) is 49.2 Å². The quantitative estimate of drug-likeness (QED) is 0.724. The fraction of sp³-hybridized carbons (Fsp3) is 0.300. The molecule has 0 radical (unpaired) electrons. The molecule has 1 atom stereocenters. The molecule has 0 heterocycles. The molecule has 2 N–H and O–H groups in total. The van der Waals surface area contributed by atoms with E-state index in [2.05, 4.69) is 10.6 Å². The number of hydrogen-bond acceptors (Lipinski definition) is 3. The standard InChI is InChI=1S/C20H23ClN2O3/c1-3-13-22-19(24)16-7-5-6-8-17(16)23-20(25)18(4-2)26-15-11-9-14(21)10-12-15/h5-12,18H,3-4,13H2,1-2H3,(H,22,24)(H,23,25)/t18-/m1/s1. The van der Waals surface area contributed by atoms with E-state index in [0.29, 0.717) is 35.0 Å². The number of rotatable bonds is 8. The molecular weight excluding hydrogens is 352 g/mol. The van der Waals surface area contributed by atoms with Gasteiger partial charge in [-0.1, -0.05) is 37.6 Å². The number of anilines is 1. The minimum atomic E-state index is -0.678. The number of amides is 2. The summed E-state index contributed by atoms with van der Waals surface area (Å²) in [5.41, 5.74) is 0.889. The number of halogens is 1. The predicted octanol–water partition coefficient (Wildman–Crippen LogP) is 4.28. The summed E-state index contributed by atoms with van der Waals surface area (Å²) in [4.78, 5) is 24.9. The van der Waals surface area contributed by atoms with Crippen LogP contribution in [-0.4, -0.2) is 24.5 Å². The molecule has 0 aliphatic heterocycles. The minimum absolute atomic E-state index is 0.214. The number of benzene rings is 2. The SMILES string of the molecule is CCCNC(=O)c1ccccc1NC(=O)[C@@H](CC)Oc1ccc(Cl)cc1. The van der Waals surface area contributed by atoms with E-state index in [0.717, 1.165) is 6.42 Å². The highest BCUT2D eigenvalue weighted by molar-refractivity contribution is 6.30. The van der Waals surface area contributed by atoms with E-state index in [9.17, 15) is 9.59 Å². The van der Waals surface area contributed by atoms with Crippen molar-refractivity contribution in [1.29, 1.82) is 0 Å². The summed E-state index contributed by atoms with van der Waals surface area (Å²) in [5, 5.41) is 6.22. The Morgan fingerprint density at radius 1 is 1.08 bits per heavy atom. The predicted molar refractivity (Wildman–Crippen MR) is 104 cm³/mol.